The summed E-state index contributed by atoms with van der Waals surface area (Å²) in [5.41, 5.74) is 6.22. The molecule has 0 amide bonds. The van der Waals surface area contributed by atoms with E-state index >= 15 is 0 Å². The summed E-state index contributed by atoms with van der Waals surface area (Å²) in [6, 6.07) is 0.455. The van der Waals surface area contributed by atoms with Gasteiger partial charge >= 0.3 is 0 Å². The number of likely N-dealkylation sites (N-methyl/N-ethyl adjacent to an activating group) is 1. The second kappa shape index (κ2) is 5.83. The van der Waals surface area contributed by atoms with Crippen molar-refractivity contribution >= 4 is 0 Å². The lowest BCUT2D eigenvalue weighted by Gasteiger charge is -2.46. The summed E-state index contributed by atoms with van der Waals surface area (Å²) in [6.45, 7) is 3.78. The molecule has 0 heterocycles. The largest absolute Gasteiger partial charge is 0.383 e. The number of hydrogen-bond acceptors (Lipinski definition) is 3. The summed E-state index contributed by atoms with van der Waals surface area (Å²) < 4.78 is 5.22. The Balaban J connectivity index is 2.62. The number of nitrogens with two attached hydrogens (primary N) is 1. The highest BCUT2D eigenvalue weighted by Gasteiger charge is 2.36. The molecule has 3 heteroatoms. The van der Waals surface area contributed by atoms with Gasteiger partial charge in [0, 0.05) is 25.2 Å². The molecule has 3 nitrogen and oxygen atoms in total. The fraction of sp³-hybridized carbons (Fsp3) is 1.00. The van der Waals surface area contributed by atoms with Crippen molar-refractivity contribution in [1.29, 1.82) is 0 Å². The molecule has 2 N–H and O–H groups in total. The molecule has 0 bridgehead atoms. The monoisotopic (exact) mass is 214 g/mol. The Labute approximate surface area is 94.0 Å². The lowest BCUT2D eigenvalue weighted by atomic mass is 9.80. The zero-order valence-electron chi connectivity index (χ0n) is 10.5. The third-order valence-corrected chi connectivity index (χ3v) is 3.98. The third-order valence-electron chi connectivity index (χ3n) is 3.98. The van der Waals surface area contributed by atoms with Gasteiger partial charge in [-0.3, -0.25) is 4.90 Å². The van der Waals surface area contributed by atoms with Crippen LogP contribution >= 0.6 is 0 Å². The molecule has 0 aromatic rings. The van der Waals surface area contributed by atoms with E-state index < -0.39 is 0 Å². The van der Waals surface area contributed by atoms with E-state index in [0.717, 1.165) is 13.2 Å². The summed E-state index contributed by atoms with van der Waals surface area (Å²) in [4.78, 5) is 2.44. The van der Waals surface area contributed by atoms with Crippen molar-refractivity contribution in [2.45, 2.75) is 50.6 Å². The van der Waals surface area contributed by atoms with Crippen LogP contribution in [0.25, 0.3) is 0 Å². The summed E-state index contributed by atoms with van der Waals surface area (Å²) in [5, 5.41) is 0. The minimum atomic E-state index is 0.232. The van der Waals surface area contributed by atoms with Gasteiger partial charge in [0.2, 0.25) is 0 Å². The number of ether oxygens (including phenoxy) is 1. The first-order valence-electron chi connectivity index (χ1n) is 6.08. The minimum absolute atomic E-state index is 0.232. The first-order valence-corrected chi connectivity index (χ1v) is 6.08. The zero-order valence-corrected chi connectivity index (χ0v) is 10.5. The quantitative estimate of drug-likeness (QED) is 0.755. The summed E-state index contributed by atoms with van der Waals surface area (Å²) in [5.74, 6) is 0. The van der Waals surface area contributed by atoms with Gasteiger partial charge in [-0.05, 0) is 26.8 Å². The van der Waals surface area contributed by atoms with E-state index in [2.05, 4.69) is 18.9 Å². The standard InChI is InChI=1S/C12H26N2O/c1-11(9-15-3)14(2)12(10-13)7-5-4-6-8-12/h11H,4-10,13H2,1-3H3. The first kappa shape index (κ1) is 12.9. The third kappa shape index (κ3) is 2.92. The van der Waals surface area contributed by atoms with Gasteiger partial charge in [-0.25, -0.2) is 0 Å². The highest BCUT2D eigenvalue weighted by Crippen LogP contribution is 2.33. The van der Waals surface area contributed by atoms with E-state index in [9.17, 15) is 0 Å². The van der Waals surface area contributed by atoms with Crippen LogP contribution in [0.15, 0.2) is 0 Å². The Kier molecular flexibility index (Phi) is 5.03. The van der Waals surface area contributed by atoms with Crippen molar-refractivity contribution in [3.63, 3.8) is 0 Å². The summed E-state index contributed by atoms with van der Waals surface area (Å²) >= 11 is 0. The van der Waals surface area contributed by atoms with Crippen LogP contribution in [0.4, 0.5) is 0 Å². The minimum Gasteiger partial charge on any atom is -0.383 e. The Hall–Kier alpha value is -0.120. The topological polar surface area (TPSA) is 38.5 Å². The molecule has 1 fully saturated rings. The van der Waals surface area contributed by atoms with Crippen molar-refractivity contribution in [3.8, 4) is 0 Å². The maximum atomic E-state index is 5.99. The molecule has 0 aliphatic heterocycles. The van der Waals surface area contributed by atoms with Gasteiger partial charge in [-0.15, -0.1) is 0 Å². The number of nitrogens with zero attached hydrogens (tertiary/aromatic N) is 1. The van der Waals surface area contributed by atoms with E-state index in [0.29, 0.717) is 6.04 Å². The molecule has 0 radical (unpaired) electrons. The molecule has 0 aromatic heterocycles. The van der Waals surface area contributed by atoms with Gasteiger partial charge in [0.05, 0.1) is 6.61 Å². The zero-order chi connectivity index (χ0) is 11.3. The molecular formula is C12H26N2O. The summed E-state index contributed by atoms with van der Waals surface area (Å²) in [7, 11) is 3.96. The lowest BCUT2D eigenvalue weighted by Crippen LogP contribution is -2.57. The average Bonchev–Trinajstić information content (AvgIpc) is 2.29. The van der Waals surface area contributed by atoms with Crippen molar-refractivity contribution in [2.24, 2.45) is 5.73 Å². The summed E-state index contributed by atoms with van der Waals surface area (Å²) in [6.07, 6.45) is 6.50. The molecule has 1 aliphatic rings. The van der Waals surface area contributed by atoms with Crippen LogP contribution < -0.4 is 5.73 Å². The first-order chi connectivity index (χ1) is 7.16. The highest BCUT2D eigenvalue weighted by molar-refractivity contribution is 4.94. The molecule has 1 aliphatic carbocycles. The van der Waals surface area contributed by atoms with Gasteiger partial charge in [0.1, 0.15) is 0 Å². The average molecular weight is 214 g/mol. The molecule has 0 spiro atoms. The maximum Gasteiger partial charge on any atom is 0.0615 e. The van der Waals surface area contributed by atoms with Crippen LogP contribution in [-0.2, 0) is 4.74 Å². The van der Waals surface area contributed by atoms with E-state index in [4.69, 9.17) is 10.5 Å². The Morgan fingerprint density at radius 2 is 1.93 bits per heavy atom. The van der Waals surface area contributed by atoms with E-state index in [1.807, 2.05) is 0 Å². The van der Waals surface area contributed by atoms with E-state index in [-0.39, 0.29) is 5.54 Å². The fourth-order valence-corrected chi connectivity index (χ4v) is 2.73. The van der Waals surface area contributed by atoms with Crippen LogP contribution in [0.5, 0.6) is 0 Å². The van der Waals surface area contributed by atoms with Gasteiger partial charge in [0.25, 0.3) is 0 Å². The molecule has 1 unspecified atom stereocenters. The molecule has 1 rings (SSSR count). The van der Waals surface area contributed by atoms with E-state index in [1.165, 1.54) is 32.1 Å². The molecule has 90 valence electrons. The molecule has 0 saturated heterocycles. The van der Waals surface area contributed by atoms with E-state index in [1.54, 1.807) is 7.11 Å². The van der Waals surface area contributed by atoms with Crippen LogP contribution in [-0.4, -0.2) is 43.8 Å². The van der Waals surface area contributed by atoms with Crippen molar-refractivity contribution in [3.05, 3.63) is 0 Å². The van der Waals surface area contributed by atoms with Crippen molar-refractivity contribution in [1.82, 2.24) is 4.90 Å². The van der Waals surface area contributed by atoms with Crippen molar-refractivity contribution in [2.75, 3.05) is 27.3 Å². The molecular weight excluding hydrogens is 188 g/mol. The number of hydrogen-bond donors (Lipinski definition) is 1. The second-order valence-electron chi connectivity index (χ2n) is 4.90. The van der Waals surface area contributed by atoms with Gasteiger partial charge in [-0.1, -0.05) is 19.3 Å². The predicted octanol–water partition coefficient (Wildman–Crippen LogP) is 1.61. The van der Waals surface area contributed by atoms with Crippen LogP contribution in [0, 0.1) is 0 Å². The Morgan fingerprint density at radius 1 is 1.33 bits per heavy atom. The molecule has 15 heavy (non-hydrogen) atoms. The number of methoxy groups -OCH3 is 1. The smallest absolute Gasteiger partial charge is 0.0615 e. The normalized spacial score (nSPS) is 23.0. The van der Waals surface area contributed by atoms with Crippen LogP contribution in [0.3, 0.4) is 0 Å². The second-order valence-corrected chi connectivity index (χ2v) is 4.90. The Morgan fingerprint density at radius 3 is 2.40 bits per heavy atom. The van der Waals surface area contributed by atoms with Crippen LogP contribution in [0.1, 0.15) is 39.0 Å². The van der Waals surface area contributed by atoms with Gasteiger partial charge in [-0.2, -0.15) is 0 Å². The molecule has 1 saturated carbocycles. The predicted molar refractivity (Wildman–Crippen MR) is 64.0 cm³/mol. The molecule has 1 atom stereocenters. The molecule has 0 aromatic carbocycles. The number of rotatable bonds is 5. The van der Waals surface area contributed by atoms with Gasteiger partial charge < -0.3 is 10.5 Å². The van der Waals surface area contributed by atoms with Gasteiger partial charge in [0.15, 0.2) is 0 Å². The maximum absolute atomic E-state index is 5.99. The van der Waals surface area contributed by atoms with Crippen molar-refractivity contribution < 1.29 is 4.74 Å². The van der Waals surface area contributed by atoms with Crippen LogP contribution in [0.2, 0.25) is 0 Å². The highest BCUT2D eigenvalue weighted by atomic mass is 16.5. The lowest BCUT2D eigenvalue weighted by molar-refractivity contribution is 0.0160. The SMILES string of the molecule is COCC(C)N(C)C1(CN)CCCCC1. The fourth-order valence-electron chi connectivity index (χ4n) is 2.73. The Bertz CT molecular complexity index is 178.